The average molecular weight is 212 g/mol. The Kier molecular flexibility index (Phi) is 3.75. The molecule has 7 heteroatoms. The van der Waals surface area contributed by atoms with E-state index < -0.39 is 21.3 Å². The molecule has 0 saturated heterocycles. The zero-order chi connectivity index (χ0) is 10.7. The molecule has 4 nitrogen and oxygen atoms in total. The van der Waals surface area contributed by atoms with Crippen molar-refractivity contribution in [1.82, 2.24) is 4.72 Å². The number of nitrogens with one attached hydrogen (secondary N) is 1. The van der Waals surface area contributed by atoms with Crippen molar-refractivity contribution in [1.29, 1.82) is 5.26 Å². The van der Waals surface area contributed by atoms with Gasteiger partial charge in [0, 0.05) is 0 Å². The lowest BCUT2D eigenvalue weighted by molar-refractivity contribution is 0.230. The van der Waals surface area contributed by atoms with Gasteiger partial charge in [-0.1, -0.05) is 6.92 Å². The second-order valence-corrected chi connectivity index (χ2v) is 4.36. The number of hydrogen-bond donors (Lipinski definition) is 1. The van der Waals surface area contributed by atoms with Crippen LogP contribution in [0.3, 0.4) is 0 Å². The van der Waals surface area contributed by atoms with Crippen molar-refractivity contribution >= 4 is 10.0 Å². The highest BCUT2D eigenvalue weighted by molar-refractivity contribution is 7.89. The van der Waals surface area contributed by atoms with Crippen LogP contribution in [-0.4, -0.2) is 19.7 Å². The predicted octanol–water partition coefficient (Wildman–Crippen LogP) is 0.821. The largest absolute Gasteiger partial charge is 0.350 e. The molecule has 0 radical (unpaired) electrons. The molecule has 0 heterocycles. The van der Waals surface area contributed by atoms with Gasteiger partial charge in [-0.3, -0.25) is 0 Å². The smallest absolute Gasteiger partial charge is 0.206 e. The normalized spacial score (nSPS) is 16.6. The lowest BCUT2D eigenvalue weighted by Gasteiger charge is -2.20. The van der Waals surface area contributed by atoms with E-state index in [1.165, 1.54) is 13.8 Å². The highest BCUT2D eigenvalue weighted by atomic mass is 32.2. The summed E-state index contributed by atoms with van der Waals surface area (Å²) in [6, 6.07) is 1.62. The Hall–Kier alpha value is -0.740. The molecule has 0 spiro atoms. The number of rotatable bonds is 4. The van der Waals surface area contributed by atoms with E-state index in [4.69, 9.17) is 5.26 Å². The zero-order valence-corrected chi connectivity index (χ0v) is 8.03. The summed E-state index contributed by atoms with van der Waals surface area (Å²) >= 11 is 0. The highest BCUT2D eigenvalue weighted by Crippen LogP contribution is 2.12. The van der Waals surface area contributed by atoms with E-state index >= 15 is 0 Å². The first-order chi connectivity index (χ1) is 5.77. The first-order valence-electron chi connectivity index (χ1n) is 3.49. The van der Waals surface area contributed by atoms with Crippen LogP contribution in [0.5, 0.6) is 0 Å². The summed E-state index contributed by atoms with van der Waals surface area (Å²) in [5.74, 6) is -3.51. The van der Waals surface area contributed by atoms with Gasteiger partial charge in [0.15, 0.2) is 0 Å². The minimum atomic E-state index is -4.69. The molecular weight excluding hydrogens is 202 g/mol. The van der Waals surface area contributed by atoms with Gasteiger partial charge < -0.3 is 0 Å². The molecule has 1 unspecified atom stereocenters. The zero-order valence-electron chi connectivity index (χ0n) is 7.21. The molecule has 1 atom stereocenters. The lowest BCUT2D eigenvalue weighted by Crippen LogP contribution is -2.46. The van der Waals surface area contributed by atoms with E-state index in [1.54, 1.807) is 10.8 Å². The van der Waals surface area contributed by atoms with Crippen LogP contribution in [0.2, 0.25) is 0 Å². The van der Waals surface area contributed by atoms with E-state index in [0.717, 1.165) is 0 Å². The maximum atomic E-state index is 11.9. The highest BCUT2D eigenvalue weighted by Gasteiger charge is 2.33. The second-order valence-electron chi connectivity index (χ2n) is 2.71. The van der Waals surface area contributed by atoms with Gasteiger partial charge in [0.05, 0.1) is 6.07 Å². The van der Waals surface area contributed by atoms with Crippen LogP contribution in [0.15, 0.2) is 0 Å². The molecule has 0 aliphatic carbocycles. The summed E-state index contributed by atoms with van der Waals surface area (Å²) in [5, 5.41) is 8.51. The Balaban J connectivity index is 4.73. The Bertz CT molecular complexity index is 309. The molecule has 13 heavy (non-hydrogen) atoms. The molecule has 0 aromatic heterocycles. The van der Waals surface area contributed by atoms with Crippen molar-refractivity contribution in [3.05, 3.63) is 0 Å². The maximum absolute atomic E-state index is 11.9. The molecule has 0 bridgehead atoms. The van der Waals surface area contributed by atoms with Crippen molar-refractivity contribution in [3.8, 4) is 6.07 Å². The van der Waals surface area contributed by atoms with Crippen molar-refractivity contribution in [2.75, 3.05) is 0 Å². The topological polar surface area (TPSA) is 70.0 Å². The summed E-state index contributed by atoms with van der Waals surface area (Å²) in [6.07, 6.45) is 0.120. The molecule has 0 saturated carbocycles. The van der Waals surface area contributed by atoms with Crippen molar-refractivity contribution in [3.63, 3.8) is 0 Å². The summed E-state index contributed by atoms with van der Waals surface area (Å²) in [7, 11) is -4.69. The van der Waals surface area contributed by atoms with Gasteiger partial charge in [-0.25, -0.2) is 8.42 Å². The molecule has 0 aromatic carbocycles. The Morgan fingerprint density at radius 3 is 2.31 bits per heavy atom. The van der Waals surface area contributed by atoms with Gasteiger partial charge in [0.25, 0.3) is 10.0 Å². The number of sulfonamides is 1. The predicted molar refractivity (Wildman–Crippen MR) is 42.4 cm³/mol. The van der Waals surface area contributed by atoms with Crippen LogP contribution in [-0.2, 0) is 10.0 Å². The fraction of sp³-hybridized carbons (Fsp3) is 0.833. The summed E-state index contributed by atoms with van der Waals surface area (Å²) in [5.41, 5.74) is -1.46. The average Bonchev–Trinajstić information content (AvgIpc) is 2.03. The van der Waals surface area contributed by atoms with Gasteiger partial charge in [-0.05, 0) is 13.3 Å². The summed E-state index contributed by atoms with van der Waals surface area (Å²) in [4.78, 5) is 0. The molecular formula is C6H10F2N2O2S. The maximum Gasteiger partial charge on any atom is 0.350 e. The van der Waals surface area contributed by atoms with Gasteiger partial charge in [0.2, 0.25) is 0 Å². The lowest BCUT2D eigenvalue weighted by atomic mass is 10.0. The quantitative estimate of drug-likeness (QED) is 0.750. The van der Waals surface area contributed by atoms with E-state index in [9.17, 15) is 17.2 Å². The third-order valence-corrected chi connectivity index (χ3v) is 2.76. The van der Waals surface area contributed by atoms with Crippen molar-refractivity contribution < 1.29 is 17.2 Å². The number of halogens is 2. The molecule has 0 aliphatic heterocycles. The Labute approximate surface area is 75.6 Å². The standard InChI is InChI=1S/C6H10F2N2O2S/c1-3-6(2,4-9)10-13(11,12)5(7)8/h5,10H,3H2,1-2H3. The first kappa shape index (κ1) is 12.3. The SMILES string of the molecule is CCC(C)(C#N)NS(=O)(=O)C(F)F. The van der Waals surface area contributed by atoms with Gasteiger partial charge in [-0.2, -0.15) is 18.8 Å². The van der Waals surface area contributed by atoms with Crippen LogP contribution in [0, 0.1) is 11.3 Å². The molecule has 0 aromatic rings. The molecule has 0 aliphatic rings. The Morgan fingerprint density at radius 2 is 2.08 bits per heavy atom. The van der Waals surface area contributed by atoms with Gasteiger partial charge in [-0.15, -0.1) is 0 Å². The summed E-state index contributed by atoms with van der Waals surface area (Å²) < 4.78 is 46.6. The van der Waals surface area contributed by atoms with Crippen LogP contribution in [0.25, 0.3) is 0 Å². The number of nitriles is 1. The number of alkyl halides is 2. The van der Waals surface area contributed by atoms with E-state index in [0.29, 0.717) is 0 Å². The number of nitrogens with zero attached hydrogens (tertiary/aromatic N) is 1. The molecule has 0 amide bonds. The van der Waals surface area contributed by atoms with E-state index in [-0.39, 0.29) is 6.42 Å². The minimum Gasteiger partial charge on any atom is -0.206 e. The molecule has 1 N–H and O–H groups in total. The first-order valence-corrected chi connectivity index (χ1v) is 5.04. The van der Waals surface area contributed by atoms with Crippen LogP contribution in [0.1, 0.15) is 20.3 Å². The van der Waals surface area contributed by atoms with Gasteiger partial charge in [0.1, 0.15) is 5.54 Å². The van der Waals surface area contributed by atoms with Crippen LogP contribution < -0.4 is 4.72 Å². The van der Waals surface area contributed by atoms with Gasteiger partial charge >= 0.3 is 5.76 Å². The number of hydrogen-bond acceptors (Lipinski definition) is 3. The Morgan fingerprint density at radius 1 is 1.62 bits per heavy atom. The van der Waals surface area contributed by atoms with Crippen LogP contribution in [0.4, 0.5) is 8.78 Å². The van der Waals surface area contributed by atoms with Crippen molar-refractivity contribution in [2.45, 2.75) is 31.6 Å². The monoisotopic (exact) mass is 212 g/mol. The van der Waals surface area contributed by atoms with E-state index in [2.05, 4.69) is 0 Å². The van der Waals surface area contributed by atoms with Crippen LogP contribution >= 0.6 is 0 Å². The molecule has 0 fully saturated rings. The molecule has 0 rings (SSSR count). The fourth-order valence-corrected chi connectivity index (χ4v) is 1.44. The fourth-order valence-electron chi connectivity index (χ4n) is 0.533. The third-order valence-electron chi connectivity index (χ3n) is 1.56. The minimum absolute atomic E-state index is 0.120. The van der Waals surface area contributed by atoms with Crippen molar-refractivity contribution in [2.24, 2.45) is 0 Å². The third kappa shape index (κ3) is 3.24. The molecule has 76 valence electrons. The van der Waals surface area contributed by atoms with E-state index in [1.807, 2.05) is 0 Å². The second kappa shape index (κ2) is 3.98. The summed E-state index contributed by atoms with van der Waals surface area (Å²) in [6.45, 7) is 2.77.